The fraction of sp³-hybridized carbons (Fsp3) is 0.556. The van der Waals surface area contributed by atoms with E-state index in [-0.39, 0.29) is 17.7 Å². The van der Waals surface area contributed by atoms with Crippen LogP contribution in [0.4, 0.5) is 5.82 Å². The molecule has 0 radical (unpaired) electrons. The van der Waals surface area contributed by atoms with Gasteiger partial charge >= 0.3 is 5.76 Å². The fourth-order valence-corrected chi connectivity index (χ4v) is 6.51. The number of aliphatic hydroxyl groups is 1. The summed E-state index contributed by atoms with van der Waals surface area (Å²) in [7, 11) is 0. The van der Waals surface area contributed by atoms with E-state index in [1.807, 2.05) is 5.38 Å². The number of aromatic nitrogens is 7. The smallest absolute Gasteiger partial charge is 0.375 e. The lowest BCUT2D eigenvalue weighted by Gasteiger charge is -2.32. The zero-order chi connectivity index (χ0) is 27.1. The fourth-order valence-electron chi connectivity index (χ4n) is 5.82. The number of rotatable bonds is 9. The third-order valence-corrected chi connectivity index (χ3v) is 9.41. The minimum Gasteiger partial charge on any atom is -0.375 e. The van der Waals surface area contributed by atoms with E-state index in [4.69, 9.17) is 14.5 Å². The Morgan fingerprint density at radius 1 is 1.28 bits per heavy atom. The maximum Gasteiger partial charge on any atom is 0.439 e. The van der Waals surface area contributed by atoms with Crippen molar-refractivity contribution >= 4 is 28.3 Å². The lowest BCUT2D eigenvalue weighted by Crippen LogP contribution is -2.32. The third-order valence-electron chi connectivity index (χ3n) is 8.43. The van der Waals surface area contributed by atoms with Gasteiger partial charge in [-0.3, -0.25) is 9.51 Å². The first-order chi connectivity index (χ1) is 18.8. The lowest BCUT2D eigenvalue weighted by atomic mass is 9.80. The van der Waals surface area contributed by atoms with Crippen molar-refractivity contribution in [2.45, 2.75) is 77.0 Å². The first kappa shape index (κ1) is 25.9. The monoisotopic (exact) mass is 550 g/mol. The van der Waals surface area contributed by atoms with Gasteiger partial charge in [0.1, 0.15) is 10.5 Å². The molecular weight excluding hydrogens is 516 g/mol. The number of nitrogens with zero attached hydrogens (tertiary/aromatic N) is 6. The lowest BCUT2D eigenvalue weighted by molar-refractivity contribution is 0.0864. The number of imidazole rings is 1. The van der Waals surface area contributed by atoms with Crippen molar-refractivity contribution in [2.24, 2.45) is 17.8 Å². The highest BCUT2D eigenvalue weighted by Crippen LogP contribution is 2.38. The van der Waals surface area contributed by atoms with Crippen molar-refractivity contribution in [3.8, 4) is 11.6 Å². The molecule has 2 aliphatic rings. The molecule has 0 aromatic carbocycles. The van der Waals surface area contributed by atoms with E-state index in [2.05, 4.69) is 49.6 Å². The van der Waals surface area contributed by atoms with Crippen molar-refractivity contribution < 1.29 is 9.63 Å². The molecule has 0 saturated heterocycles. The number of hydrogen-bond donors (Lipinski definition) is 3. The first-order valence-corrected chi connectivity index (χ1v) is 14.6. The molecule has 2 aliphatic carbocycles. The largest absolute Gasteiger partial charge is 0.439 e. The SMILES string of the molecule is C=C[C@H]1CC[C@H](Cn2c(C(C)(O)c3nccs3)nc3nc(-c4noc(=O)[nH]4)nc(N[C@H](C)C4CCC4)c32)CC1. The van der Waals surface area contributed by atoms with Crippen LogP contribution in [0.5, 0.6) is 0 Å². The van der Waals surface area contributed by atoms with Crippen molar-refractivity contribution in [1.82, 2.24) is 34.6 Å². The minimum atomic E-state index is -1.44. The second kappa shape index (κ2) is 10.3. The summed E-state index contributed by atoms with van der Waals surface area (Å²) < 4.78 is 6.81. The topological polar surface area (TPSA) is 148 Å². The maximum absolute atomic E-state index is 11.8. The van der Waals surface area contributed by atoms with Gasteiger partial charge in [0.05, 0.1) is 0 Å². The predicted molar refractivity (Wildman–Crippen MR) is 148 cm³/mol. The summed E-state index contributed by atoms with van der Waals surface area (Å²) in [6, 6.07) is 0.176. The van der Waals surface area contributed by atoms with Gasteiger partial charge in [0, 0.05) is 24.2 Å². The molecule has 0 spiro atoms. The molecule has 39 heavy (non-hydrogen) atoms. The molecule has 206 valence electrons. The Kier molecular flexibility index (Phi) is 6.84. The Balaban J connectivity index is 1.51. The van der Waals surface area contributed by atoms with Crippen molar-refractivity contribution in [2.75, 3.05) is 5.32 Å². The second-order valence-corrected chi connectivity index (χ2v) is 12.0. The summed E-state index contributed by atoms with van der Waals surface area (Å²) in [6.07, 6.45) is 11.6. The molecule has 0 bridgehead atoms. The van der Waals surface area contributed by atoms with Crippen LogP contribution in [0.2, 0.25) is 0 Å². The molecule has 12 heteroatoms. The minimum absolute atomic E-state index is 0.131. The molecule has 0 aliphatic heterocycles. The number of nitrogens with one attached hydrogen (secondary N) is 2. The highest BCUT2D eigenvalue weighted by atomic mass is 32.1. The van der Waals surface area contributed by atoms with Crippen LogP contribution in [0, 0.1) is 17.8 Å². The van der Waals surface area contributed by atoms with Crippen LogP contribution in [0.1, 0.15) is 69.6 Å². The van der Waals surface area contributed by atoms with Crippen LogP contribution in [0.15, 0.2) is 33.5 Å². The summed E-state index contributed by atoms with van der Waals surface area (Å²) in [4.78, 5) is 33.1. The van der Waals surface area contributed by atoms with Gasteiger partial charge in [-0.05, 0) is 70.1 Å². The molecule has 4 heterocycles. The molecule has 2 fully saturated rings. The van der Waals surface area contributed by atoms with E-state index < -0.39 is 11.4 Å². The number of fused-ring (bicyclic) bond motifs is 1. The molecule has 4 aromatic rings. The van der Waals surface area contributed by atoms with E-state index in [0.29, 0.717) is 46.6 Å². The van der Waals surface area contributed by atoms with Crippen LogP contribution in [-0.2, 0) is 12.1 Å². The van der Waals surface area contributed by atoms with E-state index in [9.17, 15) is 9.90 Å². The number of thiazole rings is 1. The Morgan fingerprint density at radius 3 is 2.69 bits per heavy atom. The molecule has 2 saturated carbocycles. The Hall–Kier alpha value is -3.38. The standard InChI is InChI=1S/C27H34N8O3S/c1-4-16-8-10-17(11-9-16)14-35-19-20(29-15(2)18-6-5-7-18)30-22(23-33-26(36)38-34-23)31-21(19)32-24(35)27(3,37)25-28-12-13-39-25/h4,12-13,15-18,37H,1,5-11,14H2,2-3H3,(H,29,30,31)(H,33,34,36)/t15-,16-,17-,27?/m1/s1. The molecular formula is C27H34N8O3S. The molecule has 6 rings (SSSR count). The quantitative estimate of drug-likeness (QED) is 0.257. The van der Waals surface area contributed by atoms with E-state index in [1.165, 1.54) is 30.6 Å². The third kappa shape index (κ3) is 4.91. The molecule has 0 amide bonds. The van der Waals surface area contributed by atoms with Crippen molar-refractivity contribution in [3.05, 3.63) is 45.6 Å². The molecule has 3 N–H and O–H groups in total. The molecule has 1 unspecified atom stereocenters. The maximum atomic E-state index is 11.8. The van der Waals surface area contributed by atoms with E-state index >= 15 is 0 Å². The highest BCUT2D eigenvalue weighted by molar-refractivity contribution is 7.09. The van der Waals surface area contributed by atoms with Gasteiger partial charge < -0.3 is 15.0 Å². The molecule has 11 nitrogen and oxygen atoms in total. The Labute approximate surface area is 229 Å². The van der Waals surface area contributed by atoms with Crippen LogP contribution in [0.3, 0.4) is 0 Å². The summed E-state index contributed by atoms with van der Waals surface area (Å²) in [6.45, 7) is 8.56. The van der Waals surface area contributed by atoms with Gasteiger partial charge in [0.25, 0.3) is 0 Å². The summed E-state index contributed by atoms with van der Waals surface area (Å²) in [5.74, 6) is 2.24. The van der Waals surface area contributed by atoms with Gasteiger partial charge in [-0.15, -0.1) is 17.9 Å². The summed E-state index contributed by atoms with van der Waals surface area (Å²) >= 11 is 1.39. The average molecular weight is 551 g/mol. The molecule has 2 atom stereocenters. The predicted octanol–water partition coefficient (Wildman–Crippen LogP) is 4.47. The van der Waals surface area contributed by atoms with Crippen LogP contribution >= 0.6 is 11.3 Å². The van der Waals surface area contributed by atoms with Gasteiger partial charge in [-0.2, -0.15) is 0 Å². The molecule has 4 aromatic heterocycles. The number of allylic oxidation sites excluding steroid dienone is 1. The van der Waals surface area contributed by atoms with Gasteiger partial charge in [-0.1, -0.05) is 17.7 Å². The number of anilines is 1. The Morgan fingerprint density at radius 2 is 2.08 bits per heavy atom. The normalized spacial score (nSPS) is 22.3. The van der Waals surface area contributed by atoms with Crippen LogP contribution in [0.25, 0.3) is 22.8 Å². The van der Waals surface area contributed by atoms with E-state index in [1.54, 1.807) is 13.1 Å². The zero-order valence-corrected chi connectivity index (χ0v) is 23.1. The Bertz CT molecular complexity index is 1510. The highest BCUT2D eigenvalue weighted by Gasteiger charge is 2.37. The first-order valence-electron chi connectivity index (χ1n) is 13.7. The number of aromatic amines is 1. The van der Waals surface area contributed by atoms with Crippen LogP contribution in [-0.4, -0.2) is 45.8 Å². The van der Waals surface area contributed by atoms with Crippen molar-refractivity contribution in [3.63, 3.8) is 0 Å². The zero-order valence-electron chi connectivity index (χ0n) is 22.3. The average Bonchev–Trinajstić information content (AvgIpc) is 3.64. The second-order valence-electron chi connectivity index (χ2n) is 11.1. The summed E-state index contributed by atoms with van der Waals surface area (Å²) in [5, 5.41) is 21.7. The van der Waals surface area contributed by atoms with Gasteiger partial charge in [-0.25, -0.2) is 24.7 Å². The summed E-state index contributed by atoms with van der Waals surface area (Å²) in [5.41, 5.74) is -0.293. The number of H-pyrrole nitrogens is 1. The van der Waals surface area contributed by atoms with Crippen LogP contribution < -0.4 is 11.1 Å². The van der Waals surface area contributed by atoms with Crippen molar-refractivity contribution in [1.29, 1.82) is 0 Å². The van der Waals surface area contributed by atoms with Gasteiger partial charge in [0.15, 0.2) is 22.9 Å². The van der Waals surface area contributed by atoms with E-state index in [0.717, 1.165) is 31.2 Å². The number of hydrogen-bond acceptors (Lipinski definition) is 10. The van der Waals surface area contributed by atoms with Gasteiger partial charge in [0.2, 0.25) is 11.6 Å².